The largest absolute Gasteiger partial charge is 0.514 e. The number of carboxylic acid groups (broad SMARTS) is 1. The standard InChI is InChI=1S/C17H22FNO3/c1-11-9-12(18)5-6-14(11)15-10-13(20)7-8-19(15,16(21)22)17(2,3)4/h5-6,9,15H,7-8,10H2,1-4H3/p+1/t15-,19?/m1/s1. The molecule has 2 atom stereocenters. The first-order chi connectivity index (χ1) is 10.1. The molecule has 2 rings (SSSR count). The minimum atomic E-state index is -0.936. The van der Waals surface area contributed by atoms with Gasteiger partial charge in [0, 0.05) is 5.56 Å². The molecular weight excluding hydrogens is 285 g/mol. The van der Waals surface area contributed by atoms with E-state index in [0.29, 0.717) is 5.56 Å². The summed E-state index contributed by atoms with van der Waals surface area (Å²) in [6.45, 7) is 7.66. The van der Waals surface area contributed by atoms with Crippen molar-refractivity contribution in [2.24, 2.45) is 0 Å². The maximum atomic E-state index is 13.4. The number of piperidine rings is 1. The van der Waals surface area contributed by atoms with Gasteiger partial charge in [0.25, 0.3) is 0 Å². The van der Waals surface area contributed by atoms with E-state index in [1.54, 1.807) is 13.0 Å². The Morgan fingerprint density at radius 2 is 2.00 bits per heavy atom. The number of aryl methyl sites for hydroxylation is 1. The van der Waals surface area contributed by atoms with Crippen LogP contribution in [0.1, 0.15) is 50.8 Å². The lowest BCUT2D eigenvalue weighted by atomic mass is 9.84. The predicted molar refractivity (Wildman–Crippen MR) is 81.0 cm³/mol. The molecule has 120 valence electrons. The molecule has 1 aliphatic heterocycles. The van der Waals surface area contributed by atoms with E-state index in [-0.39, 0.29) is 35.5 Å². The summed E-state index contributed by atoms with van der Waals surface area (Å²) in [5.41, 5.74) is 0.859. The Bertz CT molecular complexity index is 621. The third-order valence-electron chi connectivity index (χ3n) is 4.83. The molecule has 22 heavy (non-hydrogen) atoms. The lowest BCUT2D eigenvalue weighted by Gasteiger charge is -2.50. The number of benzene rings is 1. The van der Waals surface area contributed by atoms with E-state index in [9.17, 15) is 19.1 Å². The van der Waals surface area contributed by atoms with Crippen LogP contribution in [-0.2, 0) is 4.79 Å². The zero-order valence-corrected chi connectivity index (χ0v) is 13.5. The lowest BCUT2D eigenvalue weighted by Crippen LogP contribution is -2.67. The molecule has 0 bridgehead atoms. The average molecular weight is 308 g/mol. The average Bonchev–Trinajstić information content (AvgIpc) is 2.36. The number of carbonyl (C=O) groups is 2. The predicted octanol–water partition coefficient (Wildman–Crippen LogP) is 3.83. The van der Waals surface area contributed by atoms with Crippen LogP contribution in [0.25, 0.3) is 0 Å². The lowest BCUT2D eigenvalue weighted by molar-refractivity contribution is -0.933. The first kappa shape index (κ1) is 16.6. The van der Waals surface area contributed by atoms with Crippen LogP contribution in [0.2, 0.25) is 0 Å². The van der Waals surface area contributed by atoms with E-state index in [1.165, 1.54) is 12.1 Å². The fraction of sp³-hybridized carbons (Fsp3) is 0.529. The minimum Gasteiger partial charge on any atom is -0.435 e. The van der Waals surface area contributed by atoms with Crippen LogP contribution in [0.4, 0.5) is 9.18 Å². The van der Waals surface area contributed by atoms with Gasteiger partial charge in [-0.25, -0.2) is 8.87 Å². The van der Waals surface area contributed by atoms with Crippen molar-refractivity contribution < 1.29 is 23.6 Å². The van der Waals surface area contributed by atoms with Crippen LogP contribution in [0.15, 0.2) is 18.2 Å². The van der Waals surface area contributed by atoms with E-state index in [2.05, 4.69) is 0 Å². The molecule has 1 amide bonds. The van der Waals surface area contributed by atoms with Gasteiger partial charge in [-0.1, -0.05) is 0 Å². The van der Waals surface area contributed by atoms with Gasteiger partial charge in [-0.15, -0.1) is 0 Å². The third-order valence-corrected chi connectivity index (χ3v) is 4.83. The summed E-state index contributed by atoms with van der Waals surface area (Å²) in [6, 6.07) is 3.86. The van der Waals surface area contributed by atoms with E-state index in [1.807, 2.05) is 20.8 Å². The second-order valence-corrected chi connectivity index (χ2v) is 7.06. The number of amides is 1. The Balaban J connectivity index is 2.65. The number of Topliss-reactive ketones (excluding diaryl/α,β-unsaturated/α-hetero) is 1. The minimum absolute atomic E-state index is 0.0629. The molecule has 0 spiro atoms. The van der Waals surface area contributed by atoms with Crippen LogP contribution >= 0.6 is 0 Å². The molecular formula is C17H23FNO3+. The van der Waals surface area contributed by atoms with Crippen molar-refractivity contribution in [1.29, 1.82) is 0 Å². The summed E-state index contributed by atoms with van der Waals surface area (Å²) in [6.07, 6.45) is -0.496. The highest BCUT2D eigenvalue weighted by Crippen LogP contribution is 2.44. The summed E-state index contributed by atoms with van der Waals surface area (Å²) < 4.78 is 13.2. The summed E-state index contributed by atoms with van der Waals surface area (Å²) in [4.78, 5) is 24.2. The summed E-state index contributed by atoms with van der Waals surface area (Å²) >= 11 is 0. The number of hydrogen-bond acceptors (Lipinski definition) is 2. The number of hydrogen-bond donors (Lipinski definition) is 1. The molecule has 0 radical (unpaired) electrons. The van der Waals surface area contributed by atoms with Crippen LogP contribution in [0.5, 0.6) is 0 Å². The van der Waals surface area contributed by atoms with E-state index >= 15 is 0 Å². The van der Waals surface area contributed by atoms with Gasteiger partial charge in [0.1, 0.15) is 23.2 Å². The van der Waals surface area contributed by atoms with E-state index < -0.39 is 17.7 Å². The number of quaternary nitrogens is 1. The number of likely N-dealkylation sites (tertiary alicyclic amines) is 1. The molecule has 1 N–H and O–H groups in total. The van der Waals surface area contributed by atoms with E-state index in [0.717, 1.165) is 5.56 Å². The van der Waals surface area contributed by atoms with Crippen molar-refractivity contribution in [3.63, 3.8) is 0 Å². The van der Waals surface area contributed by atoms with Crippen LogP contribution in [-0.4, -0.2) is 33.5 Å². The Morgan fingerprint density at radius 3 is 2.50 bits per heavy atom. The van der Waals surface area contributed by atoms with Gasteiger partial charge in [-0.2, -0.15) is 4.79 Å². The SMILES string of the molecule is Cc1cc(F)ccc1[C@H]1CC(=O)CC[N+]1(C(=O)O)C(C)(C)C. The zero-order valence-electron chi connectivity index (χ0n) is 13.5. The zero-order chi connectivity index (χ0) is 16.7. The molecule has 1 aromatic carbocycles. The second kappa shape index (κ2) is 5.47. The van der Waals surface area contributed by atoms with Gasteiger partial charge in [0.05, 0.1) is 19.4 Å². The van der Waals surface area contributed by atoms with Crippen molar-refractivity contribution in [2.75, 3.05) is 6.54 Å². The highest BCUT2D eigenvalue weighted by molar-refractivity contribution is 5.80. The fourth-order valence-electron chi connectivity index (χ4n) is 3.61. The quantitative estimate of drug-likeness (QED) is 0.802. The Labute approximate surface area is 130 Å². The monoisotopic (exact) mass is 308 g/mol. The number of rotatable bonds is 1. The smallest absolute Gasteiger partial charge is 0.435 e. The molecule has 1 aromatic rings. The van der Waals surface area contributed by atoms with Crippen molar-refractivity contribution in [2.45, 2.75) is 52.1 Å². The topological polar surface area (TPSA) is 54.4 Å². The van der Waals surface area contributed by atoms with Gasteiger partial charge in [0.2, 0.25) is 0 Å². The van der Waals surface area contributed by atoms with Crippen LogP contribution in [0.3, 0.4) is 0 Å². The highest BCUT2D eigenvalue weighted by Gasteiger charge is 2.56. The Hall–Kier alpha value is -1.75. The molecule has 0 aliphatic carbocycles. The summed E-state index contributed by atoms with van der Waals surface area (Å²) in [7, 11) is 0. The van der Waals surface area contributed by atoms with Gasteiger partial charge in [-0.05, 0) is 51.5 Å². The van der Waals surface area contributed by atoms with Crippen molar-refractivity contribution in [1.82, 2.24) is 0 Å². The molecule has 4 nitrogen and oxygen atoms in total. The van der Waals surface area contributed by atoms with Crippen LogP contribution in [0, 0.1) is 12.7 Å². The maximum Gasteiger partial charge on any atom is 0.514 e. The highest BCUT2D eigenvalue weighted by atomic mass is 19.1. The molecule has 0 saturated carbocycles. The van der Waals surface area contributed by atoms with E-state index in [4.69, 9.17) is 0 Å². The van der Waals surface area contributed by atoms with Crippen molar-refractivity contribution >= 4 is 11.9 Å². The summed E-state index contributed by atoms with van der Waals surface area (Å²) in [5.74, 6) is -0.291. The second-order valence-electron chi connectivity index (χ2n) is 7.06. The molecule has 1 heterocycles. The fourth-order valence-corrected chi connectivity index (χ4v) is 3.61. The molecule has 1 saturated heterocycles. The number of carbonyl (C=O) groups excluding carboxylic acids is 1. The number of halogens is 1. The number of nitrogens with zero attached hydrogens (tertiary/aromatic N) is 1. The Morgan fingerprint density at radius 1 is 1.36 bits per heavy atom. The van der Waals surface area contributed by atoms with Gasteiger partial charge < -0.3 is 5.11 Å². The van der Waals surface area contributed by atoms with Gasteiger partial charge >= 0.3 is 6.09 Å². The summed E-state index contributed by atoms with van der Waals surface area (Å²) in [5, 5.41) is 9.97. The van der Waals surface area contributed by atoms with Crippen molar-refractivity contribution in [3.8, 4) is 0 Å². The number of ketones is 1. The molecule has 0 aromatic heterocycles. The molecule has 1 unspecified atom stereocenters. The third kappa shape index (κ3) is 2.54. The molecule has 1 fully saturated rings. The maximum absolute atomic E-state index is 13.4. The first-order valence-electron chi connectivity index (χ1n) is 7.48. The molecule has 1 aliphatic rings. The normalized spacial score (nSPS) is 26.0. The van der Waals surface area contributed by atoms with Crippen LogP contribution < -0.4 is 0 Å². The van der Waals surface area contributed by atoms with Crippen molar-refractivity contribution in [3.05, 3.63) is 35.1 Å². The Kier molecular flexibility index (Phi) is 4.13. The van der Waals surface area contributed by atoms with Gasteiger partial charge in [0.15, 0.2) is 0 Å². The van der Waals surface area contributed by atoms with Gasteiger partial charge in [-0.3, -0.25) is 4.79 Å². The first-order valence-corrected chi connectivity index (χ1v) is 7.48. The molecule has 5 heteroatoms.